The Hall–Kier alpha value is -2.54. The highest BCUT2D eigenvalue weighted by Gasteiger charge is 2.12. The number of fused-ring (bicyclic) bond motifs is 1. The van der Waals surface area contributed by atoms with Gasteiger partial charge < -0.3 is 4.74 Å². The molecule has 3 rings (SSSR count). The summed E-state index contributed by atoms with van der Waals surface area (Å²) in [6, 6.07) is 9.23. The molecule has 1 heterocycles. The Morgan fingerprint density at radius 1 is 1.30 bits per heavy atom. The molecule has 0 atom stereocenters. The fourth-order valence-electron chi connectivity index (χ4n) is 2.02. The Kier molecular flexibility index (Phi) is 4.20. The molecule has 0 aliphatic rings. The van der Waals surface area contributed by atoms with Gasteiger partial charge in [0.15, 0.2) is 17.6 Å². The fraction of sp³-hybridized carbons (Fsp3) is 0.125. The molecule has 0 aliphatic carbocycles. The number of thiazole rings is 1. The van der Waals surface area contributed by atoms with Crippen molar-refractivity contribution in [2.45, 2.75) is 6.92 Å². The summed E-state index contributed by atoms with van der Waals surface area (Å²) in [4.78, 5) is 15.8. The average molecular weight is 334 g/mol. The standard InChI is InChI=1S/C16H12F2N2O2S/c1-9-3-2-4-11(5-9)22-8-14(21)19-16-20-15-12(18)6-10(17)7-13(15)23-16/h2-7H,8H2,1H3,(H,19,20,21). The van der Waals surface area contributed by atoms with Crippen LogP contribution in [0.3, 0.4) is 0 Å². The van der Waals surface area contributed by atoms with Crippen LogP contribution in [-0.2, 0) is 4.79 Å². The van der Waals surface area contributed by atoms with Crippen LogP contribution in [0.4, 0.5) is 13.9 Å². The van der Waals surface area contributed by atoms with Crippen molar-refractivity contribution in [3.05, 3.63) is 53.6 Å². The predicted octanol–water partition coefficient (Wildman–Crippen LogP) is 3.90. The zero-order chi connectivity index (χ0) is 16.4. The normalized spacial score (nSPS) is 10.7. The number of anilines is 1. The van der Waals surface area contributed by atoms with E-state index in [0.717, 1.165) is 23.0 Å². The second kappa shape index (κ2) is 6.29. The van der Waals surface area contributed by atoms with Gasteiger partial charge in [0.2, 0.25) is 0 Å². The number of ether oxygens (including phenoxy) is 1. The van der Waals surface area contributed by atoms with Crippen LogP contribution in [0.1, 0.15) is 5.56 Å². The largest absolute Gasteiger partial charge is 0.484 e. The number of benzene rings is 2. The summed E-state index contributed by atoms with van der Waals surface area (Å²) in [5, 5.41) is 2.71. The van der Waals surface area contributed by atoms with E-state index in [2.05, 4.69) is 10.3 Å². The molecule has 23 heavy (non-hydrogen) atoms. The van der Waals surface area contributed by atoms with Crippen molar-refractivity contribution in [1.82, 2.24) is 4.98 Å². The molecule has 0 bridgehead atoms. The molecule has 0 saturated carbocycles. The molecule has 4 nitrogen and oxygen atoms in total. The Balaban J connectivity index is 1.67. The quantitative estimate of drug-likeness (QED) is 0.787. The monoisotopic (exact) mass is 334 g/mol. The number of nitrogens with zero attached hydrogens (tertiary/aromatic N) is 1. The summed E-state index contributed by atoms with van der Waals surface area (Å²) in [5.74, 6) is -1.28. The first-order chi connectivity index (χ1) is 11.0. The van der Waals surface area contributed by atoms with E-state index in [1.165, 1.54) is 6.07 Å². The van der Waals surface area contributed by atoms with E-state index in [9.17, 15) is 13.6 Å². The number of carbonyl (C=O) groups is 1. The van der Waals surface area contributed by atoms with Crippen molar-refractivity contribution < 1.29 is 18.3 Å². The van der Waals surface area contributed by atoms with Crippen LogP contribution < -0.4 is 10.1 Å². The number of rotatable bonds is 4. The molecule has 0 radical (unpaired) electrons. The number of carbonyl (C=O) groups excluding carboxylic acids is 1. The number of halogens is 2. The zero-order valence-corrected chi connectivity index (χ0v) is 12.9. The molecule has 0 aliphatic heterocycles. The van der Waals surface area contributed by atoms with Crippen molar-refractivity contribution in [1.29, 1.82) is 0 Å². The molecular weight excluding hydrogens is 322 g/mol. The highest BCUT2D eigenvalue weighted by Crippen LogP contribution is 2.28. The molecule has 1 N–H and O–H groups in total. The van der Waals surface area contributed by atoms with Gasteiger partial charge >= 0.3 is 0 Å². The van der Waals surface area contributed by atoms with Crippen LogP contribution in [-0.4, -0.2) is 17.5 Å². The molecule has 1 aromatic heterocycles. The van der Waals surface area contributed by atoms with Crippen LogP contribution in [0, 0.1) is 18.6 Å². The molecule has 0 fully saturated rings. The SMILES string of the molecule is Cc1cccc(OCC(=O)Nc2nc3c(F)cc(F)cc3s2)c1. The molecule has 1 amide bonds. The van der Waals surface area contributed by atoms with Gasteiger partial charge in [0.05, 0.1) is 4.70 Å². The van der Waals surface area contributed by atoms with Crippen molar-refractivity contribution >= 4 is 32.6 Å². The minimum absolute atomic E-state index is 0.0336. The first-order valence-corrected chi connectivity index (χ1v) is 7.58. The van der Waals surface area contributed by atoms with Gasteiger partial charge in [-0.2, -0.15) is 0 Å². The number of aryl methyl sites for hydroxylation is 1. The third-order valence-electron chi connectivity index (χ3n) is 3.02. The highest BCUT2D eigenvalue weighted by molar-refractivity contribution is 7.22. The predicted molar refractivity (Wildman–Crippen MR) is 84.8 cm³/mol. The van der Waals surface area contributed by atoms with E-state index < -0.39 is 17.5 Å². The second-order valence-electron chi connectivity index (χ2n) is 4.91. The zero-order valence-electron chi connectivity index (χ0n) is 12.1. The Morgan fingerprint density at radius 3 is 2.91 bits per heavy atom. The Morgan fingerprint density at radius 2 is 2.13 bits per heavy atom. The lowest BCUT2D eigenvalue weighted by atomic mass is 10.2. The van der Waals surface area contributed by atoms with E-state index >= 15 is 0 Å². The van der Waals surface area contributed by atoms with Crippen molar-refractivity contribution in [2.75, 3.05) is 11.9 Å². The van der Waals surface area contributed by atoms with Gasteiger partial charge in [-0.15, -0.1) is 0 Å². The molecule has 7 heteroatoms. The third kappa shape index (κ3) is 3.62. The summed E-state index contributed by atoms with van der Waals surface area (Å²) >= 11 is 0.999. The molecular formula is C16H12F2N2O2S. The minimum atomic E-state index is -0.757. The van der Waals surface area contributed by atoms with Gasteiger partial charge in [0.25, 0.3) is 5.91 Å². The lowest BCUT2D eigenvalue weighted by Crippen LogP contribution is -2.20. The summed E-state index contributed by atoms with van der Waals surface area (Å²) < 4.78 is 32.4. The molecule has 0 unspecified atom stereocenters. The summed E-state index contributed by atoms with van der Waals surface area (Å²) in [6.07, 6.45) is 0. The first kappa shape index (κ1) is 15.4. The average Bonchev–Trinajstić information content (AvgIpc) is 2.88. The maximum absolute atomic E-state index is 13.6. The number of hydrogen-bond acceptors (Lipinski definition) is 4. The van der Waals surface area contributed by atoms with Crippen LogP contribution in [0.15, 0.2) is 36.4 Å². The molecule has 3 aromatic rings. The molecule has 118 valence electrons. The van der Waals surface area contributed by atoms with Gasteiger partial charge in [-0.1, -0.05) is 23.5 Å². The maximum atomic E-state index is 13.6. The van der Waals surface area contributed by atoms with Gasteiger partial charge in [0, 0.05) is 6.07 Å². The van der Waals surface area contributed by atoms with Crippen LogP contribution >= 0.6 is 11.3 Å². The first-order valence-electron chi connectivity index (χ1n) is 6.76. The molecule has 0 spiro atoms. The van der Waals surface area contributed by atoms with Gasteiger partial charge in [-0.3, -0.25) is 10.1 Å². The van der Waals surface area contributed by atoms with Crippen LogP contribution in [0.25, 0.3) is 10.2 Å². The number of nitrogens with one attached hydrogen (secondary N) is 1. The number of aromatic nitrogens is 1. The van der Waals surface area contributed by atoms with Crippen molar-refractivity contribution in [3.63, 3.8) is 0 Å². The lowest BCUT2D eigenvalue weighted by molar-refractivity contribution is -0.118. The van der Waals surface area contributed by atoms with Gasteiger partial charge in [-0.25, -0.2) is 13.8 Å². The smallest absolute Gasteiger partial charge is 0.264 e. The van der Waals surface area contributed by atoms with E-state index in [4.69, 9.17) is 4.74 Å². The van der Waals surface area contributed by atoms with Crippen LogP contribution in [0.5, 0.6) is 5.75 Å². The maximum Gasteiger partial charge on any atom is 0.264 e. The Labute approximate surface area is 134 Å². The van der Waals surface area contributed by atoms with Gasteiger partial charge in [0.1, 0.15) is 17.1 Å². The number of hydrogen-bond donors (Lipinski definition) is 1. The minimum Gasteiger partial charge on any atom is -0.484 e. The molecule has 2 aromatic carbocycles. The summed E-state index contributed by atoms with van der Waals surface area (Å²) in [7, 11) is 0. The topological polar surface area (TPSA) is 51.2 Å². The molecule has 0 saturated heterocycles. The fourth-order valence-corrected chi connectivity index (χ4v) is 2.94. The summed E-state index contributed by atoms with van der Waals surface area (Å²) in [5.41, 5.74) is 1.05. The summed E-state index contributed by atoms with van der Waals surface area (Å²) in [6.45, 7) is 1.72. The van der Waals surface area contributed by atoms with E-state index in [-0.39, 0.29) is 17.3 Å². The third-order valence-corrected chi connectivity index (χ3v) is 3.94. The lowest BCUT2D eigenvalue weighted by Gasteiger charge is -2.06. The Bertz CT molecular complexity index is 880. The van der Waals surface area contributed by atoms with Crippen molar-refractivity contribution in [2.24, 2.45) is 0 Å². The van der Waals surface area contributed by atoms with E-state index in [1.54, 1.807) is 6.07 Å². The van der Waals surface area contributed by atoms with E-state index in [0.29, 0.717) is 10.4 Å². The highest BCUT2D eigenvalue weighted by atomic mass is 32.1. The van der Waals surface area contributed by atoms with Gasteiger partial charge in [-0.05, 0) is 30.7 Å². The van der Waals surface area contributed by atoms with Crippen LogP contribution in [0.2, 0.25) is 0 Å². The second-order valence-corrected chi connectivity index (χ2v) is 5.94. The van der Waals surface area contributed by atoms with Crippen molar-refractivity contribution in [3.8, 4) is 5.75 Å². The van der Waals surface area contributed by atoms with E-state index in [1.807, 2.05) is 25.1 Å². The number of amides is 1.